The summed E-state index contributed by atoms with van der Waals surface area (Å²) in [4.78, 5) is 16.9. The lowest BCUT2D eigenvalue weighted by Crippen LogP contribution is -2.30. The number of imidazole rings is 1. The first-order valence-corrected chi connectivity index (χ1v) is 9.52. The van der Waals surface area contributed by atoms with Crippen LogP contribution in [0.25, 0.3) is 5.69 Å². The van der Waals surface area contributed by atoms with Crippen molar-refractivity contribution in [2.45, 2.75) is 37.7 Å². The number of carbonyl (C=O) groups is 1. The van der Waals surface area contributed by atoms with Gasteiger partial charge in [-0.2, -0.15) is 0 Å². The molecule has 0 saturated carbocycles. The number of hydrogen-bond donors (Lipinski definition) is 1. The number of hydrogen-bond acceptors (Lipinski definition) is 3. The van der Waals surface area contributed by atoms with E-state index >= 15 is 0 Å². The highest BCUT2D eigenvalue weighted by molar-refractivity contribution is 8.00. The van der Waals surface area contributed by atoms with Crippen molar-refractivity contribution in [3.8, 4) is 5.69 Å². The summed E-state index contributed by atoms with van der Waals surface area (Å²) in [5, 5.41) is 3.58. The highest BCUT2D eigenvalue weighted by atomic mass is 32.2. The molecule has 1 atom stereocenters. The molecular weight excluding hydrogens is 342 g/mol. The molecule has 0 fully saturated rings. The summed E-state index contributed by atoms with van der Waals surface area (Å²) < 4.78 is 2.04. The lowest BCUT2D eigenvalue weighted by Gasteiger charge is -2.14. The average Bonchev–Trinajstić information content (AvgIpc) is 3.08. The molecule has 134 valence electrons. The first-order chi connectivity index (χ1) is 12.5. The normalized spacial score (nSPS) is 12.0. The SMILES string of the molecule is Cc1ccc(-n2ccnc2S[C@H](C)C(=O)NCc2ccccc2)c(C)c1. The van der Waals surface area contributed by atoms with E-state index in [2.05, 4.69) is 42.3 Å². The van der Waals surface area contributed by atoms with Crippen LogP contribution in [0.5, 0.6) is 0 Å². The molecule has 0 radical (unpaired) electrons. The molecule has 3 rings (SSSR count). The molecule has 1 heterocycles. The van der Waals surface area contributed by atoms with Gasteiger partial charge in [0.25, 0.3) is 0 Å². The van der Waals surface area contributed by atoms with Gasteiger partial charge in [-0.15, -0.1) is 0 Å². The number of rotatable bonds is 6. The van der Waals surface area contributed by atoms with E-state index in [1.54, 1.807) is 6.20 Å². The van der Waals surface area contributed by atoms with Crippen molar-refractivity contribution in [3.63, 3.8) is 0 Å². The smallest absolute Gasteiger partial charge is 0.233 e. The second kappa shape index (κ2) is 8.23. The number of nitrogens with zero attached hydrogens (tertiary/aromatic N) is 2. The topological polar surface area (TPSA) is 46.9 Å². The van der Waals surface area contributed by atoms with Crippen LogP contribution in [0, 0.1) is 13.8 Å². The van der Waals surface area contributed by atoms with E-state index in [0.29, 0.717) is 6.54 Å². The Hall–Kier alpha value is -2.53. The second-order valence-corrected chi connectivity index (χ2v) is 7.64. The molecule has 1 amide bonds. The number of aromatic nitrogens is 2. The third-order valence-electron chi connectivity index (χ3n) is 4.18. The van der Waals surface area contributed by atoms with E-state index in [4.69, 9.17) is 0 Å². The highest BCUT2D eigenvalue weighted by Gasteiger charge is 2.18. The van der Waals surface area contributed by atoms with Crippen molar-refractivity contribution in [1.29, 1.82) is 0 Å². The van der Waals surface area contributed by atoms with Gasteiger partial charge in [0, 0.05) is 18.9 Å². The minimum Gasteiger partial charge on any atom is -0.351 e. The minimum atomic E-state index is -0.231. The van der Waals surface area contributed by atoms with E-state index in [1.165, 1.54) is 22.9 Å². The third kappa shape index (κ3) is 4.35. The summed E-state index contributed by atoms with van der Waals surface area (Å²) in [5.74, 6) is 0.00836. The predicted molar refractivity (Wildman–Crippen MR) is 107 cm³/mol. The summed E-state index contributed by atoms with van der Waals surface area (Å²) in [7, 11) is 0. The van der Waals surface area contributed by atoms with Crippen LogP contribution < -0.4 is 5.32 Å². The summed E-state index contributed by atoms with van der Waals surface area (Å²) >= 11 is 1.47. The highest BCUT2D eigenvalue weighted by Crippen LogP contribution is 2.26. The Morgan fingerprint density at radius 3 is 2.69 bits per heavy atom. The van der Waals surface area contributed by atoms with Crippen LogP contribution in [0.4, 0.5) is 0 Å². The number of aryl methyl sites for hydroxylation is 2. The van der Waals surface area contributed by atoms with Gasteiger partial charge in [0.1, 0.15) is 0 Å². The van der Waals surface area contributed by atoms with Crippen LogP contribution in [0.3, 0.4) is 0 Å². The molecule has 1 aromatic heterocycles. The van der Waals surface area contributed by atoms with Crippen LogP contribution in [0.2, 0.25) is 0 Å². The van der Waals surface area contributed by atoms with Gasteiger partial charge in [0.2, 0.25) is 5.91 Å². The molecule has 0 spiro atoms. The largest absolute Gasteiger partial charge is 0.351 e. The fourth-order valence-electron chi connectivity index (χ4n) is 2.78. The summed E-state index contributed by atoms with van der Waals surface area (Å²) in [6.07, 6.45) is 3.71. The maximum absolute atomic E-state index is 12.4. The van der Waals surface area contributed by atoms with Crippen molar-refractivity contribution in [3.05, 3.63) is 77.6 Å². The molecular formula is C21H23N3OS. The lowest BCUT2D eigenvalue weighted by molar-refractivity contribution is -0.120. The van der Waals surface area contributed by atoms with Gasteiger partial charge in [-0.05, 0) is 38.0 Å². The number of thioether (sulfide) groups is 1. The van der Waals surface area contributed by atoms with E-state index in [0.717, 1.165) is 16.4 Å². The molecule has 0 aliphatic rings. The first kappa shape index (κ1) is 18.3. The quantitative estimate of drug-likeness (QED) is 0.663. The molecule has 0 saturated heterocycles. The van der Waals surface area contributed by atoms with E-state index in [-0.39, 0.29) is 11.2 Å². The Morgan fingerprint density at radius 2 is 1.96 bits per heavy atom. The summed E-state index contributed by atoms with van der Waals surface area (Å²) in [6, 6.07) is 16.3. The summed E-state index contributed by atoms with van der Waals surface area (Å²) in [6.45, 7) is 6.62. The monoisotopic (exact) mass is 365 g/mol. The zero-order valence-corrected chi connectivity index (χ0v) is 16.1. The standard InChI is InChI=1S/C21H23N3OS/c1-15-9-10-19(16(2)13-15)24-12-11-22-21(24)26-17(3)20(25)23-14-18-7-5-4-6-8-18/h4-13,17H,14H2,1-3H3,(H,23,25)/t17-/m1/s1. The molecule has 2 aromatic carbocycles. The molecule has 0 aliphatic heterocycles. The molecule has 0 bridgehead atoms. The molecule has 1 N–H and O–H groups in total. The number of nitrogens with one attached hydrogen (secondary N) is 1. The number of amides is 1. The minimum absolute atomic E-state index is 0.00836. The van der Waals surface area contributed by atoms with E-state index < -0.39 is 0 Å². The molecule has 26 heavy (non-hydrogen) atoms. The van der Waals surface area contributed by atoms with Gasteiger partial charge in [-0.1, -0.05) is 59.8 Å². The summed E-state index contributed by atoms with van der Waals surface area (Å²) in [5.41, 5.74) is 4.60. The van der Waals surface area contributed by atoms with Crippen LogP contribution in [0.1, 0.15) is 23.6 Å². The fourth-order valence-corrected chi connectivity index (χ4v) is 3.68. The van der Waals surface area contributed by atoms with Crippen molar-refractivity contribution < 1.29 is 4.79 Å². The Kier molecular flexibility index (Phi) is 5.78. The van der Waals surface area contributed by atoms with Gasteiger partial charge < -0.3 is 5.32 Å². The van der Waals surface area contributed by atoms with Gasteiger partial charge >= 0.3 is 0 Å². The van der Waals surface area contributed by atoms with Gasteiger partial charge in [0.05, 0.1) is 10.9 Å². The second-order valence-electron chi connectivity index (χ2n) is 6.33. The molecule has 0 unspecified atom stereocenters. The van der Waals surface area contributed by atoms with Gasteiger partial charge in [0.15, 0.2) is 5.16 Å². The maximum Gasteiger partial charge on any atom is 0.233 e. The van der Waals surface area contributed by atoms with E-state index in [1.807, 2.05) is 48.0 Å². The molecule has 5 heteroatoms. The van der Waals surface area contributed by atoms with Crippen LogP contribution in [-0.4, -0.2) is 20.7 Å². The molecule has 0 aliphatic carbocycles. The number of carbonyl (C=O) groups excluding carboxylic acids is 1. The van der Waals surface area contributed by atoms with Crippen molar-refractivity contribution in [2.75, 3.05) is 0 Å². The zero-order chi connectivity index (χ0) is 18.5. The molecule has 3 aromatic rings. The van der Waals surface area contributed by atoms with Crippen molar-refractivity contribution in [1.82, 2.24) is 14.9 Å². The van der Waals surface area contributed by atoms with E-state index in [9.17, 15) is 4.79 Å². The Bertz CT molecular complexity index is 889. The van der Waals surface area contributed by atoms with Crippen molar-refractivity contribution in [2.24, 2.45) is 0 Å². The maximum atomic E-state index is 12.4. The predicted octanol–water partition coefficient (Wildman–Crippen LogP) is 4.29. The third-order valence-corrected chi connectivity index (χ3v) is 5.26. The van der Waals surface area contributed by atoms with Gasteiger partial charge in [-0.25, -0.2) is 4.98 Å². The van der Waals surface area contributed by atoms with Crippen LogP contribution in [-0.2, 0) is 11.3 Å². The molecule has 4 nitrogen and oxygen atoms in total. The average molecular weight is 366 g/mol. The number of benzene rings is 2. The van der Waals surface area contributed by atoms with Crippen LogP contribution >= 0.6 is 11.8 Å². The fraction of sp³-hybridized carbons (Fsp3) is 0.238. The van der Waals surface area contributed by atoms with Gasteiger partial charge in [-0.3, -0.25) is 9.36 Å². The van der Waals surface area contributed by atoms with Crippen LogP contribution in [0.15, 0.2) is 66.1 Å². The van der Waals surface area contributed by atoms with Crippen molar-refractivity contribution >= 4 is 17.7 Å². The Morgan fingerprint density at radius 1 is 1.19 bits per heavy atom. The zero-order valence-electron chi connectivity index (χ0n) is 15.3. The Balaban J connectivity index is 1.67. The Labute approximate surface area is 158 Å². The lowest BCUT2D eigenvalue weighted by atomic mass is 10.1. The first-order valence-electron chi connectivity index (χ1n) is 8.64.